The third kappa shape index (κ3) is 3.52. The van der Waals surface area contributed by atoms with E-state index in [-0.39, 0.29) is 17.8 Å². The molecule has 16 heavy (non-hydrogen) atoms. The van der Waals surface area contributed by atoms with Crippen molar-refractivity contribution in [2.24, 2.45) is 0 Å². The third-order valence-electron chi connectivity index (χ3n) is 2.23. The Kier molecular flexibility index (Phi) is 4.80. The molecule has 1 amide bonds. The van der Waals surface area contributed by atoms with Gasteiger partial charge in [-0.1, -0.05) is 0 Å². The number of hydrogen-bond acceptors (Lipinski definition) is 2. The monoisotopic (exact) mass is 241 g/mol. The molecular weight excluding hydrogens is 225 g/mol. The Hall–Kier alpha value is -1.03. The molecule has 1 atom stereocenters. The van der Waals surface area contributed by atoms with Crippen LogP contribution in [0.1, 0.15) is 22.8 Å². The van der Waals surface area contributed by atoms with Crippen molar-refractivity contribution in [3.63, 3.8) is 0 Å². The van der Waals surface area contributed by atoms with Crippen LogP contribution in [-0.2, 0) is 0 Å². The molecular formula is C12H16FNOS. The lowest BCUT2D eigenvalue weighted by molar-refractivity contribution is 0.0943. The van der Waals surface area contributed by atoms with Crippen molar-refractivity contribution in [1.29, 1.82) is 0 Å². The highest BCUT2D eigenvalue weighted by Crippen LogP contribution is 2.10. The van der Waals surface area contributed by atoms with Crippen LogP contribution in [0.4, 0.5) is 4.39 Å². The number of benzene rings is 1. The molecule has 0 radical (unpaired) electrons. The predicted octanol–water partition coefficient (Wildman–Crippen LogP) is 2.62. The maximum absolute atomic E-state index is 12.9. The molecule has 0 heterocycles. The van der Waals surface area contributed by atoms with Crippen molar-refractivity contribution < 1.29 is 9.18 Å². The van der Waals surface area contributed by atoms with Gasteiger partial charge in [-0.2, -0.15) is 11.8 Å². The maximum atomic E-state index is 12.9. The van der Waals surface area contributed by atoms with Crippen molar-refractivity contribution in [2.45, 2.75) is 19.9 Å². The van der Waals surface area contributed by atoms with Gasteiger partial charge in [0.2, 0.25) is 0 Å². The molecule has 0 saturated carbocycles. The van der Waals surface area contributed by atoms with E-state index in [0.717, 1.165) is 5.75 Å². The largest absolute Gasteiger partial charge is 0.349 e. The first-order valence-electron chi connectivity index (χ1n) is 5.10. The predicted molar refractivity (Wildman–Crippen MR) is 66.4 cm³/mol. The van der Waals surface area contributed by atoms with E-state index in [0.29, 0.717) is 11.1 Å². The Morgan fingerprint density at radius 3 is 2.81 bits per heavy atom. The highest BCUT2D eigenvalue weighted by molar-refractivity contribution is 7.98. The normalized spacial score (nSPS) is 12.2. The number of aryl methyl sites for hydroxylation is 1. The summed E-state index contributed by atoms with van der Waals surface area (Å²) in [5, 5.41) is 2.88. The summed E-state index contributed by atoms with van der Waals surface area (Å²) in [4.78, 5) is 11.8. The molecule has 0 bridgehead atoms. The fourth-order valence-electron chi connectivity index (χ4n) is 1.48. The first-order chi connectivity index (χ1) is 7.54. The van der Waals surface area contributed by atoms with E-state index in [1.54, 1.807) is 18.7 Å². The molecule has 4 heteroatoms. The Morgan fingerprint density at radius 1 is 1.56 bits per heavy atom. The molecule has 1 N–H and O–H groups in total. The van der Waals surface area contributed by atoms with Gasteiger partial charge in [-0.3, -0.25) is 4.79 Å². The Balaban J connectivity index is 2.73. The molecule has 0 aliphatic carbocycles. The van der Waals surface area contributed by atoms with Crippen molar-refractivity contribution >= 4 is 17.7 Å². The fraction of sp³-hybridized carbons (Fsp3) is 0.417. The van der Waals surface area contributed by atoms with Crippen LogP contribution in [0.3, 0.4) is 0 Å². The van der Waals surface area contributed by atoms with Crippen LogP contribution in [0.5, 0.6) is 0 Å². The first-order valence-corrected chi connectivity index (χ1v) is 6.50. The molecule has 88 valence electrons. The lowest BCUT2D eigenvalue weighted by atomic mass is 10.1. The van der Waals surface area contributed by atoms with Crippen LogP contribution >= 0.6 is 11.8 Å². The molecule has 0 saturated heterocycles. The summed E-state index contributed by atoms with van der Waals surface area (Å²) >= 11 is 1.68. The average molecular weight is 241 g/mol. The van der Waals surface area contributed by atoms with Gasteiger partial charge in [0, 0.05) is 17.4 Å². The zero-order valence-electron chi connectivity index (χ0n) is 9.71. The first kappa shape index (κ1) is 13.0. The van der Waals surface area contributed by atoms with Crippen LogP contribution in [0, 0.1) is 12.7 Å². The number of halogens is 1. The van der Waals surface area contributed by atoms with Crippen LogP contribution in [-0.4, -0.2) is 24.0 Å². The van der Waals surface area contributed by atoms with Gasteiger partial charge in [0.05, 0.1) is 0 Å². The van der Waals surface area contributed by atoms with Gasteiger partial charge in [0.25, 0.3) is 5.91 Å². The zero-order chi connectivity index (χ0) is 12.1. The summed E-state index contributed by atoms with van der Waals surface area (Å²) in [5.74, 6) is 0.414. The Labute approximate surface area is 99.6 Å². The third-order valence-corrected chi connectivity index (χ3v) is 3.06. The molecule has 0 fully saturated rings. The molecule has 0 aromatic heterocycles. The number of hydrogen-bond donors (Lipinski definition) is 1. The number of carbonyl (C=O) groups is 1. The minimum Gasteiger partial charge on any atom is -0.349 e. The smallest absolute Gasteiger partial charge is 0.251 e. The Morgan fingerprint density at radius 2 is 2.25 bits per heavy atom. The quantitative estimate of drug-likeness (QED) is 0.878. The van der Waals surface area contributed by atoms with Crippen LogP contribution < -0.4 is 5.32 Å². The fourth-order valence-corrected chi connectivity index (χ4v) is 2.06. The summed E-state index contributed by atoms with van der Waals surface area (Å²) in [7, 11) is 0. The Bertz CT molecular complexity index is 381. The number of carbonyl (C=O) groups excluding carboxylic acids is 1. The second kappa shape index (κ2) is 5.89. The molecule has 0 spiro atoms. The van der Waals surface area contributed by atoms with E-state index in [1.807, 2.05) is 13.2 Å². The maximum Gasteiger partial charge on any atom is 0.251 e. The van der Waals surface area contributed by atoms with E-state index in [9.17, 15) is 9.18 Å². The molecule has 1 unspecified atom stereocenters. The van der Waals surface area contributed by atoms with E-state index < -0.39 is 0 Å². The molecule has 0 aliphatic heterocycles. The minimum absolute atomic E-state index is 0.118. The summed E-state index contributed by atoms with van der Waals surface area (Å²) in [5.41, 5.74) is 1.20. The summed E-state index contributed by atoms with van der Waals surface area (Å²) in [6.45, 7) is 3.69. The van der Waals surface area contributed by atoms with E-state index in [1.165, 1.54) is 18.2 Å². The number of rotatable bonds is 4. The summed E-state index contributed by atoms with van der Waals surface area (Å²) < 4.78 is 12.9. The summed E-state index contributed by atoms with van der Waals surface area (Å²) in [6.07, 6.45) is 1.99. The van der Waals surface area contributed by atoms with Gasteiger partial charge in [0.15, 0.2) is 0 Å². The van der Waals surface area contributed by atoms with Crippen LogP contribution in [0.15, 0.2) is 18.2 Å². The number of amides is 1. The van der Waals surface area contributed by atoms with Gasteiger partial charge in [0.1, 0.15) is 5.82 Å². The topological polar surface area (TPSA) is 29.1 Å². The second-order valence-electron chi connectivity index (χ2n) is 3.79. The van der Waals surface area contributed by atoms with E-state index in [2.05, 4.69) is 5.32 Å². The van der Waals surface area contributed by atoms with Crippen LogP contribution in [0.25, 0.3) is 0 Å². The number of nitrogens with one attached hydrogen (secondary N) is 1. The van der Waals surface area contributed by atoms with Gasteiger partial charge >= 0.3 is 0 Å². The highest BCUT2D eigenvalue weighted by Gasteiger charge is 2.11. The van der Waals surface area contributed by atoms with E-state index >= 15 is 0 Å². The minimum atomic E-state index is -0.314. The highest BCUT2D eigenvalue weighted by atomic mass is 32.2. The van der Waals surface area contributed by atoms with Crippen LogP contribution in [0.2, 0.25) is 0 Å². The molecule has 1 aromatic carbocycles. The van der Waals surface area contributed by atoms with Crippen molar-refractivity contribution in [3.8, 4) is 0 Å². The number of thioether (sulfide) groups is 1. The summed E-state index contributed by atoms with van der Waals surface area (Å²) in [6, 6.07) is 4.31. The van der Waals surface area contributed by atoms with Gasteiger partial charge < -0.3 is 5.32 Å². The van der Waals surface area contributed by atoms with Crippen molar-refractivity contribution in [1.82, 2.24) is 5.32 Å². The molecule has 1 rings (SSSR count). The molecule has 1 aromatic rings. The van der Waals surface area contributed by atoms with Crippen molar-refractivity contribution in [2.75, 3.05) is 12.0 Å². The molecule has 0 aliphatic rings. The standard InChI is InChI=1S/C12H16FNOS/c1-8-6-10(13)4-5-11(8)12(15)14-9(2)7-16-3/h4-6,9H,7H2,1-3H3,(H,14,15). The zero-order valence-corrected chi connectivity index (χ0v) is 10.5. The molecule has 2 nitrogen and oxygen atoms in total. The SMILES string of the molecule is CSCC(C)NC(=O)c1ccc(F)cc1C. The second-order valence-corrected chi connectivity index (χ2v) is 4.70. The van der Waals surface area contributed by atoms with Gasteiger partial charge in [-0.05, 0) is 43.9 Å². The van der Waals surface area contributed by atoms with E-state index in [4.69, 9.17) is 0 Å². The van der Waals surface area contributed by atoms with Gasteiger partial charge in [-0.25, -0.2) is 4.39 Å². The lowest BCUT2D eigenvalue weighted by Crippen LogP contribution is -2.34. The lowest BCUT2D eigenvalue weighted by Gasteiger charge is -2.13. The average Bonchev–Trinajstić information content (AvgIpc) is 2.17. The van der Waals surface area contributed by atoms with Gasteiger partial charge in [-0.15, -0.1) is 0 Å². The van der Waals surface area contributed by atoms with Crippen molar-refractivity contribution in [3.05, 3.63) is 35.1 Å².